The van der Waals surface area contributed by atoms with Gasteiger partial charge in [-0.3, -0.25) is 18.7 Å². The molecule has 0 saturated carbocycles. The van der Waals surface area contributed by atoms with Crippen LogP contribution in [-0.2, 0) is 35.5 Å². The Bertz CT molecular complexity index is 1490. The molecule has 38 heavy (non-hydrogen) atoms. The van der Waals surface area contributed by atoms with Gasteiger partial charge in [-0.05, 0) is 43.3 Å². The monoisotopic (exact) mass is 591 g/mol. The van der Waals surface area contributed by atoms with Crippen molar-refractivity contribution in [3.63, 3.8) is 0 Å². The molecule has 2 rings (SSSR count). The third-order valence-electron chi connectivity index (χ3n) is 4.24. The molecule has 0 bridgehead atoms. The summed E-state index contributed by atoms with van der Waals surface area (Å²) in [5, 5.41) is 17.6. The average Bonchev–Trinajstić information content (AvgIpc) is 2.81. The van der Waals surface area contributed by atoms with Gasteiger partial charge in [0, 0.05) is 11.1 Å². The summed E-state index contributed by atoms with van der Waals surface area (Å²) in [6, 6.07) is 7.18. The lowest BCUT2D eigenvalue weighted by Gasteiger charge is -2.14. The van der Waals surface area contributed by atoms with Gasteiger partial charge in [-0.2, -0.15) is 31.3 Å². The quantitative estimate of drug-likeness (QED) is 0.0602. The Labute approximate surface area is 219 Å². The lowest BCUT2D eigenvalue weighted by Crippen LogP contribution is -2.17. The summed E-state index contributed by atoms with van der Waals surface area (Å²) >= 11 is 0. The van der Waals surface area contributed by atoms with Gasteiger partial charge in [0.2, 0.25) is 0 Å². The van der Waals surface area contributed by atoms with E-state index in [4.69, 9.17) is 15.7 Å². The first kappa shape index (κ1) is 30.7. The number of benzene rings is 2. The zero-order valence-corrected chi connectivity index (χ0v) is 21.9. The minimum atomic E-state index is -4.71. The topological polar surface area (TPSA) is 246 Å². The number of halogens is 1. The predicted octanol–water partition coefficient (Wildman–Crippen LogP) is 2.66. The maximum atomic E-state index is 13.3. The van der Waals surface area contributed by atoms with Crippen molar-refractivity contribution in [2.45, 2.75) is 22.8 Å². The van der Waals surface area contributed by atoms with Crippen molar-refractivity contribution >= 4 is 72.7 Å². The van der Waals surface area contributed by atoms with Gasteiger partial charge in [0.05, 0.1) is 46.3 Å². The van der Waals surface area contributed by atoms with Crippen molar-refractivity contribution in [2.24, 2.45) is 20.2 Å². The summed E-state index contributed by atoms with van der Waals surface area (Å²) in [5.74, 6) is -0.210. The highest BCUT2D eigenvalue weighted by atomic mass is 32.3. The number of nitrogens with zero attached hydrogens (tertiary/aromatic N) is 4. The number of nitrogens with two attached hydrogens (primary N) is 1. The second kappa shape index (κ2) is 13.3. The van der Waals surface area contributed by atoms with E-state index in [0.29, 0.717) is 11.2 Å². The maximum absolute atomic E-state index is 13.3. The van der Waals surface area contributed by atoms with E-state index in [1.807, 2.05) is 0 Å². The third-order valence-corrected chi connectivity index (χ3v) is 6.95. The van der Waals surface area contributed by atoms with Crippen LogP contribution >= 0.6 is 0 Å². The van der Waals surface area contributed by atoms with Gasteiger partial charge >= 0.3 is 16.5 Å². The molecule has 0 aromatic heterocycles. The molecule has 206 valence electrons. The molecule has 0 spiro atoms. The molecule has 15 nitrogen and oxygen atoms in total. The molecule has 0 aliphatic heterocycles. The molecule has 2 aromatic rings. The molecule has 0 aliphatic rings. The summed E-state index contributed by atoms with van der Waals surface area (Å²) in [5.41, 5.74) is 5.77. The fourth-order valence-corrected chi connectivity index (χ4v) is 4.59. The van der Waals surface area contributed by atoms with Crippen molar-refractivity contribution in [3.8, 4) is 0 Å². The van der Waals surface area contributed by atoms with Gasteiger partial charge in [-0.25, -0.2) is 9.18 Å². The van der Waals surface area contributed by atoms with Crippen molar-refractivity contribution < 1.29 is 38.7 Å². The third kappa shape index (κ3) is 10.1. The highest BCUT2D eigenvalue weighted by Crippen LogP contribution is 2.34. The minimum Gasteiger partial charge on any atom is -0.398 e. The van der Waals surface area contributed by atoms with E-state index >= 15 is 0 Å². The van der Waals surface area contributed by atoms with Crippen LogP contribution in [0.25, 0.3) is 0 Å². The van der Waals surface area contributed by atoms with Crippen LogP contribution in [0.5, 0.6) is 0 Å². The molecular weight excluding hydrogens is 569 g/mol. The number of amidine groups is 1. The van der Waals surface area contributed by atoms with E-state index in [-0.39, 0.29) is 28.5 Å². The largest absolute Gasteiger partial charge is 0.398 e. The zero-order chi connectivity index (χ0) is 28.5. The Morgan fingerprint density at radius 3 is 2.45 bits per heavy atom. The van der Waals surface area contributed by atoms with Crippen LogP contribution < -0.4 is 11.1 Å². The summed E-state index contributed by atoms with van der Waals surface area (Å²) in [7, 11) is -11.0. The van der Waals surface area contributed by atoms with Crippen LogP contribution in [0.1, 0.15) is 6.92 Å². The van der Waals surface area contributed by atoms with Gasteiger partial charge in [0.15, 0.2) is 0 Å². The Morgan fingerprint density at radius 2 is 1.87 bits per heavy atom. The molecule has 0 aliphatic carbocycles. The van der Waals surface area contributed by atoms with Crippen molar-refractivity contribution in [2.75, 3.05) is 23.4 Å². The van der Waals surface area contributed by atoms with Crippen molar-refractivity contribution in [1.82, 2.24) is 0 Å². The molecule has 2 unspecified atom stereocenters. The summed E-state index contributed by atoms with van der Waals surface area (Å²) < 4.78 is 92.1. The van der Waals surface area contributed by atoms with Crippen molar-refractivity contribution in [1.29, 1.82) is 5.41 Å². The van der Waals surface area contributed by atoms with Crippen LogP contribution in [0.2, 0.25) is 0 Å². The van der Waals surface area contributed by atoms with E-state index in [1.54, 1.807) is 6.92 Å². The number of rotatable bonds is 12. The smallest absolute Gasteiger partial charge is 0.397 e. The van der Waals surface area contributed by atoms with Crippen LogP contribution in [0.3, 0.4) is 0 Å². The summed E-state index contributed by atoms with van der Waals surface area (Å²) in [6.45, 7) is 1.07. The van der Waals surface area contributed by atoms with Crippen LogP contribution in [0.15, 0.2) is 66.4 Å². The lowest BCUT2D eigenvalue weighted by atomic mass is 10.2. The van der Waals surface area contributed by atoms with Crippen molar-refractivity contribution in [3.05, 3.63) is 36.4 Å². The van der Waals surface area contributed by atoms with Gasteiger partial charge < -0.3 is 11.1 Å². The zero-order valence-electron chi connectivity index (χ0n) is 19.4. The van der Waals surface area contributed by atoms with Crippen LogP contribution in [0.4, 0.5) is 27.1 Å². The second-order valence-electron chi connectivity index (χ2n) is 7.11. The Hall–Kier alpha value is -3.49. The standard InChI is InChI=1S/C19H22FN7O8S3/c1-12(10-23-19(20)24-11-21)25-16-8-15(22)18(37(29,30)31)9-17(16)27-26-13-2-4-14(5-3-13)36(28)7-6-35-38(32,33)34/h2-5,8-12,21,25H,6-7,22H2,1H3,(H,29,30,31)(H,32,33,34)/b21-11?,23-10-,24-19?,27-26?. The molecule has 0 radical (unpaired) electrons. The molecule has 2 atom stereocenters. The van der Waals surface area contributed by atoms with E-state index < -0.39 is 55.0 Å². The van der Waals surface area contributed by atoms with E-state index in [9.17, 15) is 30.0 Å². The van der Waals surface area contributed by atoms with E-state index in [1.165, 1.54) is 30.3 Å². The second-order valence-corrected chi connectivity index (χ2v) is 11.2. The number of aliphatic imine (C=N–C) groups is 2. The molecule has 6 N–H and O–H groups in total. The van der Waals surface area contributed by atoms with Crippen LogP contribution in [0, 0.1) is 5.41 Å². The fourth-order valence-electron chi connectivity index (χ4n) is 2.66. The minimum absolute atomic E-state index is 0.0734. The van der Waals surface area contributed by atoms with Crippen LogP contribution in [-0.4, -0.2) is 67.2 Å². The molecule has 0 fully saturated rings. The number of anilines is 2. The summed E-state index contributed by atoms with van der Waals surface area (Å²) in [4.78, 5) is 6.13. The molecule has 19 heteroatoms. The summed E-state index contributed by atoms with van der Waals surface area (Å²) in [6.07, 6.45) is 0.432. The first-order chi connectivity index (χ1) is 17.7. The Kier molecular flexibility index (Phi) is 10.8. The van der Waals surface area contributed by atoms with E-state index in [2.05, 4.69) is 29.7 Å². The van der Waals surface area contributed by atoms with E-state index in [0.717, 1.165) is 12.3 Å². The number of nitrogen functional groups attached to an aromatic ring is 1. The first-order valence-corrected chi connectivity index (χ1v) is 14.3. The average molecular weight is 592 g/mol. The number of hydrogen-bond donors (Lipinski definition) is 5. The first-order valence-electron chi connectivity index (χ1n) is 10.2. The predicted molar refractivity (Wildman–Crippen MR) is 139 cm³/mol. The maximum Gasteiger partial charge on any atom is 0.397 e. The molecular formula is C19H22FN7O8S3. The highest BCUT2D eigenvalue weighted by Gasteiger charge is 2.18. The van der Waals surface area contributed by atoms with Gasteiger partial charge in [0.1, 0.15) is 16.9 Å². The number of hydrogen-bond acceptors (Lipinski definition) is 11. The normalized spacial score (nSPS) is 14.6. The number of nitrogens with one attached hydrogen (secondary N) is 2. The highest BCUT2D eigenvalue weighted by molar-refractivity contribution is 7.86. The molecule has 2 aromatic carbocycles. The lowest BCUT2D eigenvalue weighted by molar-refractivity contribution is 0.284. The van der Waals surface area contributed by atoms with Gasteiger partial charge in [-0.1, -0.05) is 0 Å². The molecule has 0 heterocycles. The fraction of sp³-hybridized carbons (Fsp3) is 0.211. The molecule has 0 saturated heterocycles. The SMILES string of the molecule is CC(/C=N\C(F)=NC=N)Nc1cc(N)c(S(=O)(=O)O)cc1N=Nc1ccc(S(=O)CCOS(=O)(=O)O)cc1. The van der Waals surface area contributed by atoms with Gasteiger partial charge in [-0.15, -0.1) is 5.11 Å². The molecule has 0 amide bonds. The Morgan fingerprint density at radius 1 is 1.21 bits per heavy atom. The van der Waals surface area contributed by atoms with Gasteiger partial charge in [0.25, 0.3) is 10.1 Å². The Balaban J connectivity index is 2.30. The number of azo groups is 1.